The summed E-state index contributed by atoms with van der Waals surface area (Å²) in [7, 11) is 0. The molecule has 2 aliphatic rings. The predicted octanol–water partition coefficient (Wildman–Crippen LogP) is 5.12. The van der Waals surface area contributed by atoms with Gasteiger partial charge in [0.25, 0.3) is 5.91 Å². The third-order valence-electron chi connectivity index (χ3n) is 7.07. The Morgan fingerprint density at radius 1 is 1.03 bits per heavy atom. The molecule has 0 spiro atoms. The topological polar surface area (TPSA) is 39.7 Å². The fourth-order valence-corrected chi connectivity index (χ4v) is 5.27. The Kier molecular flexibility index (Phi) is 6.57. The van der Waals surface area contributed by atoms with Crippen molar-refractivity contribution in [3.8, 4) is 11.3 Å². The lowest BCUT2D eigenvalue weighted by Gasteiger charge is -2.35. The average molecular weight is 465 g/mol. The minimum atomic E-state index is -0.929. The first-order valence-electron chi connectivity index (χ1n) is 12.2. The average Bonchev–Trinajstić information content (AvgIpc) is 3.55. The normalized spacial score (nSPS) is 18.9. The number of carbonyl (C=O) groups is 1. The first kappa shape index (κ1) is 22.9. The highest BCUT2D eigenvalue weighted by molar-refractivity contribution is 6.07. The van der Waals surface area contributed by atoms with E-state index in [0.717, 1.165) is 63.1 Å². The van der Waals surface area contributed by atoms with Crippen molar-refractivity contribution in [2.24, 2.45) is 0 Å². The molecule has 3 heterocycles. The van der Waals surface area contributed by atoms with E-state index in [1.807, 2.05) is 29.2 Å². The number of likely N-dealkylation sites (tertiary alicyclic amines) is 1. The molecule has 2 fully saturated rings. The second kappa shape index (κ2) is 9.76. The summed E-state index contributed by atoms with van der Waals surface area (Å²) in [6, 6.07) is 13.1. The summed E-state index contributed by atoms with van der Waals surface area (Å²) in [5.74, 6) is -1.86. The number of para-hydroxylation sites is 1. The number of hydrazine groups is 1. The van der Waals surface area contributed by atoms with Gasteiger partial charge in [0.15, 0.2) is 11.6 Å². The molecule has 0 saturated carbocycles. The Morgan fingerprint density at radius 3 is 2.59 bits per heavy atom. The molecule has 178 valence electrons. The van der Waals surface area contributed by atoms with Crippen molar-refractivity contribution in [2.45, 2.75) is 38.6 Å². The summed E-state index contributed by atoms with van der Waals surface area (Å²) in [4.78, 5) is 20.5. The number of amides is 1. The molecule has 0 radical (unpaired) electrons. The Hall–Kier alpha value is -2.90. The van der Waals surface area contributed by atoms with E-state index in [0.29, 0.717) is 22.3 Å². The molecule has 3 aromatic rings. The summed E-state index contributed by atoms with van der Waals surface area (Å²) in [6.07, 6.45) is 4.40. The van der Waals surface area contributed by atoms with Gasteiger partial charge in [-0.15, -0.1) is 0 Å². The van der Waals surface area contributed by atoms with Gasteiger partial charge in [0, 0.05) is 49.7 Å². The minimum absolute atomic E-state index is 0.0255. The van der Waals surface area contributed by atoms with Crippen LogP contribution in [0.4, 0.5) is 8.78 Å². The van der Waals surface area contributed by atoms with Crippen LogP contribution in [0.3, 0.4) is 0 Å². The molecule has 1 atom stereocenters. The van der Waals surface area contributed by atoms with Gasteiger partial charge in [0.05, 0.1) is 16.8 Å². The standard InChI is InChI=1S/C27H30F2N4O/c1-2-31(32-13-5-6-14-32)18-20-8-7-15-33(20)27(34)22-17-26(19-11-12-23(28)24(29)16-19)30-25-10-4-3-9-21(22)25/h3-4,9-12,16-17,20H,2,5-8,13-15,18H2,1H3/t20-/m0/s1. The number of pyridine rings is 1. The van der Waals surface area contributed by atoms with E-state index < -0.39 is 11.6 Å². The zero-order valence-corrected chi connectivity index (χ0v) is 19.5. The molecular weight excluding hydrogens is 434 g/mol. The van der Waals surface area contributed by atoms with Crippen LogP contribution in [-0.2, 0) is 0 Å². The quantitative estimate of drug-likeness (QED) is 0.508. The van der Waals surface area contributed by atoms with Gasteiger partial charge in [0.1, 0.15) is 0 Å². The van der Waals surface area contributed by atoms with Gasteiger partial charge < -0.3 is 4.90 Å². The number of aromatic nitrogens is 1. The zero-order chi connectivity index (χ0) is 23.7. The Morgan fingerprint density at radius 2 is 1.82 bits per heavy atom. The van der Waals surface area contributed by atoms with Crippen LogP contribution in [0.1, 0.15) is 43.0 Å². The second-order valence-corrected chi connectivity index (χ2v) is 9.16. The van der Waals surface area contributed by atoms with Crippen LogP contribution in [0.15, 0.2) is 48.5 Å². The van der Waals surface area contributed by atoms with E-state index in [1.54, 1.807) is 6.07 Å². The number of rotatable bonds is 6. The monoisotopic (exact) mass is 464 g/mol. The summed E-state index contributed by atoms with van der Waals surface area (Å²) in [6.45, 7) is 6.82. The first-order valence-corrected chi connectivity index (χ1v) is 12.2. The summed E-state index contributed by atoms with van der Waals surface area (Å²) in [5.41, 5.74) is 2.13. The van der Waals surface area contributed by atoms with Gasteiger partial charge in [-0.2, -0.15) is 0 Å². The molecule has 2 aliphatic heterocycles. The van der Waals surface area contributed by atoms with Gasteiger partial charge in [-0.1, -0.05) is 25.1 Å². The van der Waals surface area contributed by atoms with Crippen LogP contribution in [0, 0.1) is 11.6 Å². The Balaban J connectivity index is 1.48. The van der Waals surface area contributed by atoms with Crippen molar-refractivity contribution < 1.29 is 13.6 Å². The van der Waals surface area contributed by atoms with E-state index in [1.165, 1.54) is 18.9 Å². The molecule has 2 aromatic carbocycles. The lowest BCUT2D eigenvalue weighted by molar-refractivity contribution is -0.0150. The molecule has 7 heteroatoms. The minimum Gasteiger partial charge on any atom is -0.334 e. The van der Waals surface area contributed by atoms with Crippen molar-refractivity contribution in [2.75, 3.05) is 32.7 Å². The number of carbonyl (C=O) groups excluding carboxylic acids is 1. The van der Waals surface area contributed by atoms with Crippen LogP contribution in [0.5, 0.6) is 0 Å². The maximum absolute atomic E-state index is 13.9. The summed E-state index contributed by atoms with van der Waals surface area (Å²) >= 11 is 0. The summed E-state index contributed by atoms with van der Waals surface area (Å²) in [5, 5.41) is 5.58. The Bertz CT molecular complexity index is 1190. The Labute approximate surface area is 198 Å². The van der Waals surface area contributed by atoms with Gasteiger partial charge in [0.2, 0.25) is 0 Å². The number of halogens is 2. The van der Waals surface area contributed by atoms with Gasteiger partial charge >= 0.3 is 0 Å². The van der Waals surface area contributed by atoms with E-state index in [4.69, 9.17) is 0 Å². The molecule has 34 heavy (non-hydrogen) atoms. The predicted molar refractivity (Wildman–Crippen MR) is 129 cm³/mol. The highest BCUT2D eigenvalue weighted by Gasteiger charge is 2.33. The van der Waals surface area contributed by atoms with Crippen LogP contribution in [-0.4, -0.2) is 64.6 Å². The SMILES string of the molecule is CCN(C[C@@H]1CCCN1C(=O)c1cc(-c2ccc(F)c(F)c2)nc2ccccc12)N1CCCC1. The highest BCUT2D eigenvalue weighted by Crippen LogP contribution is 2.29. The van der Waals surface area contributed by atoms with Crippen LogP contribution in [0.2, 0.25) is 0 Å². The summed E-state index contributed by atoms with van der Waals surface area (Å²) < 4.78 is 27.4. The molecule has 0 N–H and O–H groups in total. The zero-order valence-electron chi connectivity index (χ0n) is 19.5. The molecule has 0 bridgehead atoms. The third kappa shape index (κ3) is 4.42. The van der Waals surface area contributed by atoms with Crippen LogP contribution < -0.4 is 0 Å². The fourth-order valence-electron chi connectivity index (χ4n) is 5.27. The fraction of sp³-hybridized carbons (Fsp3) is 0.407. The van der Waals surface area contributed by atoms with Gasteiger partial charge in [-0.3, -0.25) is 4.79 Å². The molecular formula is C27H30F2N4O. The molecule has 5 rings (SSSR count). The maximum atomic E-state index is 13.9. The molecule has 0 aliphatic carbocycles. The maximum Gasteiger partial charge on any atom is 0.254 e. The second-order valence-electron chi connectivity index (χ2n) is 9.16. The van der Waals surface area contributed by atoms with E-state index in [2.05, 4.69) is 21.9 Å². The van der Waals surface area contributed by atoms with Crippen LogP contribution in [0.25, 0.3) is 22.2 Å². The molecule has 1 amide bonds. The molecule has 1 aromatic heterocycles. The largest absolute Gasteiger partial charge is 0.334 e. The highest BCUT2D eigenvalue weighted by atomic mass is 19.2. The number of fused-ring (bicyclic) bond motifs is 1. The number of nitrogens with zero attached hydrogens (tertiary/aromatic N) is 4. The van der Waals surface area contributed by atoms with E-state index in [-0.39, 0.29) is 11.9 Å². The van der Waals surface area contributed by atoms with Crippen molar-refractivity contribution >= 4 is 16.8 Å². The number of hydrogen-bond acceptors (Lipinski definition) is 4. The molecule has 2 saturated heterocycles. The van der Waals surface area contributed by atoms with Gasteiger partial charge in [-0.05, 0) is 56.0 Å². The first-order chi connectivity index (χ1) is 16.5. The van der Waals surface area contributed by atoms with E-state index in [9.17, 15) is 13.6 Å². The smallest absolute Gasteiger partial charge is 0.254 e. The number of hydrogen-bond donors (Lipinski definition) is 0. The van der Waals surface area contributed by atoms with Crippen molar-refractivity contribution in [1.82, 2.24) is 19.9 Å². The van der Waals surface area contributed by atoms with Gasteiger partial charge in [-0.25, -0.2) is 23.8 Å². The number of likely N-dealkylation sites (N-methyl/N-ethyl adjacent to an activating group) is 1. The lowest BCUT2D eigenvalue weighted by atomic mass is 10.0. The number of benzene rings is 2. The molecule has 5 nitrogen and oxygen atoms in total. The van der Waals surface area contributed by atoms with Crippen LogP contribution >= 0.6 is 0 Å². The van der Waals surface area contributed by atoms with Crippen molar-refractivity contribution in [1.29, 1.82) is 0 Å². The lowest BCUT2D eigenvalue weighted by Crippen LogP contribution is -2.49. The third-order valence-corrected chi connectivity index (χ3v) is 7.07. The van der Waals surface area contributed by atoms with Crippen molar-refractivity contribution in [3.05, 3.63) is 65.7 Å². The van der Waals surface area contributed by atoms with E-state index >= 15 is 0 Å². The molecule has 0 unspecified atom stereocenters. The van der Waals surface area contributed by atoms with Crippen molar-refractivity contribution in [3.63, 3.8) is 0 Å².